The van der Waals surface area contributed by atoms with Gasteiger partial charge in [-0.1, -0.05) is 53.7 Å². The third-order valence-electron chi connectivity index (χ3n) is 2.27. The van der Waals surface area contributed by atoms with Crippen molar-refractivity contribution in [2.45, 2.75) is 6.92 Å². The van der Waals surface area contributed by atoms with Crippen LogP contribution in [0, 0.1) is 6.92 Å². The third-order valence-corrected chi connectivity index (χ3v) is 2.27. The molecule has 2 nitrogen and oxygen atoms in total. The molecule has 0 fully saturated rings. The minimum absolute atomic E-state index is 0.732. The van der Waals surface area contributed by atoms with Crippen molar-refractivity contribution in [1.82, 2.24) is 5.16 Å². The summed E-state index contributed by atoms with van der Waals surface area (Å²) in [5, 5.41) is 4.01. The predicted octanol–water partition coefficient (Wildman–Crippen LogP) is 3.85. The molecule has 0 atom stereocenters. The van der Waals surface area contributed by atoms with E-state index in [0.29, 0.717) is 0 Å². The Labute approximate surface area is 94.9 Å². The fourth-order valence-electron chi connectivity index (χ4n) is 1.39. The molecule has 2 heteroatoms. The van der Waals surface area contributed by atoms with Gasteiger partial charge in [0.05, 0.1) is 0 Å². The smallest absolute Gasteiger partial charge is 0.160 e. The summed E-state index contributed by atoms with van der Waals surface area (Å²) < 4.78 is 5.17. The third kappa shape index (κ3) is 2.28. The van der Waals surface area contributed by atoms with E-state index in [0.717, 1.165) is 17.0 Å². The molecule has 0 spiro atoms. The van der Waals surface area contributed by atoms with Crippen molar-refractivity contribution in [3.8, 4) is 11.3 Å². The lowest BCUT2D eigenvalue weighted by Gasteiger charge is -1.95. The zero-order valence-corrected chi connectivity index (χ0v) is 9.18. The number of aromatic nitrogens is 1. The fraction of sp³-hybridized carbons (Fsp3) is 0.0714. The molecule has 1 aromatic heterocycles. The summed E-state index contributed by atoms with van der Waals surface area (Å²) in [5.41, 5.74) is 3.15. The maximum absolute atomic E-state index is 5.17. The van der Waals surface area contributed by atoms with Crippen LogP contribution in [0.5, 0.6) is 0 Å². The molecular formula is C14H13NO. The summed E-state index contributed by atoms with van der Waals surface area (Å²) in [5.74, 6) is 0.732. The number of hydrogen-bond donors (Lipinski definition) is 0. The van der Waals surface area contributed by atoms with Gasteiger partial charge in [-0.15, -0.1) is 0 Å². The number of nitrogens with zero attached hydrogens (tertiary/aromatic N) is 1. The highest BCUT2D eigenvalue weighted by Gasteiger charge is 2.03. The summed E-state index contributed by atoms with van der Waals surface area (Å²) in [7, 11) is 0. The van der Waals surface area contributed by atoms with Gasteiger partial charge in [0, 0.05) is 11.6 Å². The van der Waals surface area contributed by atoms with Crippen molar-refractivity contribution >= 4 is 6.08 Å². The molecule has 0 unspecified atom stereocenters. The summed E-state index contributed by atoms with van der Waals surface area (Å²) in [6.07, 6.45) is 5.35. The van der Waals surface area contributed by atoms with E-state index in [1.54, 1.807) is 6.08 Å². The monoisotopic (exact) mass is 211 g/mol. The Morgan fingerprint density at radius 3 is 2.69 bits per heavy atom. The molecule has 0 bridgehead atoms. The number of allylic oxidation sites excluding steroid dienone is 2. The maximum Gasteiger partial charge on any atom is 0.160 e. The molecule has 80 valence electrons. The van der Waals surface area contributed by atoms with E-state index in [9.17, 15) is 0 Å². The van der Waals surface area contributed by atoms with Crippen molar-refractivity contribution in [1.29, 1.82) is 0 Å². The van der Waals surface area contributed by atoms with E-state index in [1.165, 1.54) is 5.56 Å². The van der Waals surface area contributed by atoms with Crippen LogP contribution in [0.25, 0.3) is 17.3 Å². The van der Waals surface area contributed by atoms with Crippen LogP contribution in [-0.4, -0.2) is 5.16 Å². The van der Waals surface area contributed by atoms with Gasteiger partial charge >= 0.3 is 0 Å². The molecule has 0 aliphatic carbocycles. The van der Waals surface area contributed by atoms with Crippen molar-refractivity contribution < 1.29 is 4.52 Å². The Morgan fingerprint density at radius 2 is 2.00 bits per heavy atom. The van der Waals surface area contributed by atoms with Crippen LogP contribution in [-0.2, 0) is 0 Å². The molecule has 1 heterocycles. The van der Waals surface area contributed by atoms with Gasteiger partial charge in [-0.05, 0) is 13.0 Å². The van der Waals surface area contributed by atoms with Crippen LogP contribution < -0.4 is 0 Å². The molecule has 0 aliphatic rings. The van der Waals surface area contributed by atoms with E-state index < -0.39 is 0 Å². The zero-order valence-electron chi connectivity index (χ0n) is 9.18. The first-order valence-corrected chi connectivity index (χ1v) is 5.12. The van der Waals surface area contributed by atoms with Gasteiger partial charge in [0.2, 0.25) is 0 Å². The predicted molar refractivity (Wildman–Crippen MR) is 65.9 cm³/mol. The van der Waals surface area contributed by atoms with Crippen molar-refractivity contribution in [2.75, 3.05) is 0 Å². The lowest BCUT2D eigenvalue weighted by Crippen LogP contribution is -1.76. The second-order valence-corrected chi connectivity index (χ2v) is 3.58. The maximum atomic E-state index is 5.17. The van der Waals surface area contributed by atoms with Gasteiger partial charge in [-0.3, -0.25) is 0 Å². The summed E-state index contributed by atoms with van der Waals surface area (Å²) in [6.45, 7) is 5.66. The van der Waals surface area contributed by atoms with E-state index >= 15 is 0 Å². The number of hydrogen-bond acceptors (Lipinski definition) is 2. The standard InChI is InChI=1S/C14H13NO/c1-3-4-5-13-10-14(15-16-13)12-8-6-11(2)7-9-12/h3-10H,1H2,2H3. The van der Waals surface area contributed by atoms with E-state index in [-0.39, 0.29) is 0 Å². The Morgan fingerprint density at radius 1 is 1.25 bits per heavy atom. The first kappa shape index (κ1) is 10.4. The van der Waals surface area contributed by atoms with Gasteiger partial charge in [0.1, 0.15) is 5.69 Å². The molecule has 0 saturated carbocycles. The van der Waals surface area contributed by atoms with Crippen molar-refractivity contribution in [3.05, 3.63) is 60.4 Å². The largest absolute Gasteiger partial charge is 0.356 e. The lowest BCUT2D eigenvalue weighted by molar-refractivity contribution is 0.415. The highest BCUT2D eigenvalue weighted by molar-refractivity contribution is 5.62. The molecule has 16 heavy (non-hydrogen) atoms. The van der Waals surface area contributed by atoms with Crippen LogP contribution in [0.4, 0.5) is 0 Å². The number of aryl methyl sites for hydroxylation is 1. The Bertz CT molecular complexity index is 506. The van der Waals surface area contributed by atoms with Crippen LogP contribution in [0.15, 0.2) is 53.6 Å². The SMILES string of the molecule is C=CC=Cc1cc(-c2ccc(C)cc2)no1. The highest BCUT2D eigenvalue weighted by Crippen LogP contribution is 2.20. The molecular weight excluding hydrogens is 198 g/mol. The van der Waals surface area contributed by atoms with Crippen LogP contribution >= 0.6 is 0 Å². The second kappa shape index (κ2) is 4.62. The summed E-state index contributed by atoms with van der Waals surface area (Å²) >= 11 is 0. The number of benzene rings is 1. The topological polar surface area (TPSA) is 26.0 Å². The van der Waals surface area contributed by atoms with E-state index in [4.69, 9.17) is 4.52 Å². The normalized spacial score (nSPS) is 10.8. The van der Waals surface area contributed by atoms with E-state index in [2.05, 4.69) is 30.8 Å². The average molecular weight is 211 g/mol. The molecule has 0 amide bonds. The Balaban J connectivity index is 2.27. The van der Waals surface area contributed by atoms with Crippen molar-refractivity contribution in [3.63, 3.8) is 0 Å². The van der Waals surface area contributed by atoms with Gasteiger partial charge in [0.15, 0.2) is 5.76 Å². The minimum Gasteiger partial charge on any atom is -0.356 e. The molecule has 0 N–H and O–H groups in total. The van der Waals surface area contributed by atoms with Gasteiger partial charge in [-0.25, -0.2) is 0 Å². The van der Waals surface area contributed by atoms with Crippen LogP contribution in [0.2, 0.25) is 0 Å². The first-order chi connectivity index (χ1) is 7.79. The quantitative estimate of drug-likeness (QED) is 0.721. The molecule has 0 saturated heterocycles. The molecule has 0 radical (unpaired) electrons. The zero-order chi connectivity index (χ0) is 11.4. The summed E-state index contributed by atoms with van der Waals surface area (Å²) in [4.78, 5) is 0. The van der Waals surface area contributed by atoms with E-state index in [1.807, 2.05) is 30.4 Å². The van der Waals surface area contributed by atoms with Gasteiger partial charge in [-0.2, -0.15) is 0 Å². The Hall–Kier alpha value is -2.09. The average Bonchev–Trinajstić information content (AvgIpc) is 2.76. The fourth-order valence-corrected chi connectivity index (χ4v) is 1.39. The van der Waals surface area contributed by atoms with Crippen molar-refractivity contribution in [2.24, 2.45) is 0 Å². The number of rotatable bonds is 3. The first-order valence-electron chi connectivity index (χ1n) is 5.12. The highest BCUT2D eigenvalue weighted by atomic mass is 16.5. The minimum atomic E-state index is 0.732. The molecule has 1 aromatic carbocycles. The van der Waals surface area contributed by atoms with Gasteiger partial charge < -0.3 is 4.52 Å². The molecule has 0 aliphatic heterocycles. The van der Waals surface area contributed by atoms with Crippen LogP contribution in [0.1, 0.15) is 11.3 Å². The molecule has 2 rings (SSSR count). The summed E-state index contributed by atoms with van der Waals surface area (Å²) in [6, 6.07) is 10.1. The van der Waals surface area contributed by atoms with Gasteiger partial charge in [0.25, 0.3) is 0 Å². The second-order valence-electron chi connectivity index (χ2n) is 3.58. The van der Waals surface area contributed by atoms with Crippen LogP contribution in [0.3, 0.4) is 0 Å². The lowest BCUT2D eigenvalue weighted by atomic mass is 10.1. The molecule has 2 aromatic rings. The Kier molecular flexibility index (Phi) is 3.01.